The number of hydrogen-bond donors (Lipinski definition) is 0. The Hall–Kier alpha value is -1.72. The van der Waals surface area contributed by atoms with E-state index in [0.717, 1.165) is 20.9 Å². The minimum absolute atomic E-state index is 0.546. The summed E-state index contributed by atoms with van der Waals surface area (Å²) in [6.45, 7) is 0. The lowest BCUT2D eigenvalue weighted by Gasteiger charge is -2.24. The van der Waals surface area contributed by atoms with E-state index in [-0.39, 0.29) is 0 Å². The minimum atomic E-state index is 0.546. The quantitative estimate of drug-likeness (QED) is 0.717. The predicted molar refractivity (Wildman–Crippen MR) is 86.5 cm³/mol. The summed E-state index contributed by atoms with van der Waals surface area (Å²) in [5, 5.41) is 10.0. The van der Waals surface area contributed by atoms with Gasteiger partial charge in [-0.05, 0) is 49.6 Å². The molecule has 0 saturated heterocycles. The molecule has 2 heterocycles. The first-order chi connectivity index (χ1) is 10.3. The van der Waals surface area contributed by atoms with Crippen LogP contribution in [0.25, 0.3) is 22.4 Å². The summed E-state index contributed by atoms with van der Waals surface area (Å²) in [7, 11) is 0. The zero-order valence-corrected chi connectivity index (χ0v) is 12.8. The molecule has 0 atom stereocenters. The average Bonchev–Trinajstić information content (AvgIpc) is 3.00. The Bertz CT molecular complexity index is 816. The van der Waals surface area contributed by atoms with Gasteiger partial charge in [-0.1, -0.05) is 16.8 Å². The third-order valence-electron chi connectivity index (χ3n) is 3.74. The number of fused-ring (bicyclic) bond motifs is 1. The fraction of sp³-hybridized carbons (Fsp3) is 0.267. The highest BCUT2D eigenvalue weighted by atomic mass is 35.5. The maximum Gasteiger partial charge on any atom is 0.117 e. The summed E-state index contributed by atoms with van der Waals surface area (Å²) in [5.41, 5.74) is 1.81. The molecule has 2 aromatic heterocycles. The highest BCUT2D eigenvalue weighted by Crippen LogP contribution is 2.30. The Kier molecular flexibility index (Phi) is 3.24. The molecule has 1 saturated carbocycles. The fourth-order valence-electron chi connectivity index (χ4n) is 2.34. The molecule has 3 aromatic rings. The van der Waals surface area contributed by atoms with Crippen LogP contribution < -0.4 is 0 Å². The van der Waals surface area contributed by atoms with Crippen LogP contribution in [-0.2, 0) is 0 Å². The van der Waals surface area contributed by atoms with Crippen molar-refractivity contribution in [3.8, 4) is 0 Å². The largest absolute Gasteiger partial charge is 0.249 e. The molecule has 0 bridgehead atoms. The SMILES string of the molecule is Clc1ccc2sc(C=Cc3cn(C4CCC4)nn3)nc2c1. The maximum atomic E-state index is 5.98. The summed E-state index contributed by atoms with van der Waals surface area (Å²) in [6, 6.07) is 6.32. The van der Waals surface area contributed by atoms with Crippen molar-refractivity contribution in [1.82, 2.24) is 20.0 Å². The van der Waals surface area contributed by atoms with Gasteiger partial charge in [0.05, 0.1) is 22.5 Å². The molecule has 1 aromatic carbocycles. The van der Waals surface area contributed by atoms with Crippen LogP contribution in [0.3, 0.4) is 0 Å². The molecule has 0 radical (unpaired) electrons. The van der Waals surface area contributed by atoms with Gasteiger partial charge in [0, 0.05) is 5.02 Å². The molecule has 1 aliphatic carbocycles. The van der Waals surface area contributed by atoms with Gasteiger partial charge in [0.1, 0.15) is 10.7 Å². The van der Waals surface area contributed by atoms with Crippen molar-refractivity contribution in [3.63, 3.8) is 0 Å². The Morgan fingerprint density at radius 3 is 3.00 bits per heavy atom. The van der Waals surface area contributed by atoms with Gasteiger partial charge in [0.2, 0.25) is 0 Å². The van der Waals surface area contributed by atoms with E-state index in [1.165, 1.54) is 19.3 Å². The second-order valence-electron chi connectivity index (χ2n) is 5.21. The molecule has 0 aliphatic heterocycles. The van der Waals surface area contributed by atoms with Crippen LogP contribution in [0.5, 0.6) is 0 Å². The van der Waals surface area contributed by atoms with E-state index in [9.17, 15) is 0 Å². The van der Waals surface area contributed by atoms with Crippen molar-refractivity contribution in [2.24, 2.45) is 0 Å². The summed E-state index contributed by atoms with van der Waals surface area (Å²) in [4.78, 5) is 4.55. The van der Waals surface area contributed by atoms with Crippen LogP contribution in [0.1, 0.15) is 36.0 Å². The van der Waals surface area contributed by atoms with Crippen molar-refractivity contribution in [1.29, 1.82) is 0 Å². The minimum Gasteiger partial charge on any atom is -0.249 e. The van der Waals surface area contributed by atoms with E-state index in [4.69, 9.17) is 11.6 Å². The Balaban J connectivity index is 1.56. The zero-order chi connectivity index (χ0) is 14.2. The molecular formula is C15H13ClN4S. The number of hydrogen-bond acceptors (Lipinski definition) is 4. The highest BCUT2D eigenvalue weighted by Gasteiger charge is 2.20. The van der Waals surface area contributed by atoms with Crippen molar-refractivity contribution in [2.45, 2.75) is 25.3 Å². The standard InChI is InChI=1S/C15H13ClN4S/c16-10-4-6-14-13(8-10)17-15(21-14)7-5-11-9-20(19-18-11)12-2-1-3-12/h4-9,12H,1-3H2. The summed E-state index contributed by atoms with van der Waals surface area (Å²) in [5.74, 6) is 0. The Morgan fingerprint density at radius 2 is 2.19 bits per heavy atom. The molecule has 0 N–H and O–H groups in total. The van der Waals surface area contributed by atoms with Gasteiger partial charge in [-0.2, -0.15) is 0 Å². The monoisotopic (exact) mass is 316 g/mol. The van der Waals surface area contributed by atoms with Gasteiger partial charge in [-0.15, -0.1) is 16.4 Å². The van der Waals surface area contributed by atoms with Crippen LogP contribution in [0.15, 0.2) is 24.4 Å². The van der Waals surface area contributed by atoms with Gasteiger partial charge in [0.15, 0.2) is 0 Å². The van der Waals surface area contributed by atoms with E-state index >= 15 is 0 Å². The summed E-state index contributed by atoms with van der Waals surface area (Å²) >= 11 is 7.62. The third-order valence-corrected chi connectivity index (χ3v) is 4.98. The van der Waals surface area contributed by atoms with Crippen LogP contribution in [0.4, 0.5) is 0 Å². The van der Waals surface area contributed by atoms with Gasteiger partial charge >= 0.3 is 0 Å². The average molecular weight is 317 g/mol. The first kappa shape index (κ1) is 13.0. The van der Waals surface area contributed by atoms with Crippen molar-refractivity contribution < 1.29 is 0 Å². The number of thiazole rings is 1. The van der Waals surface area contributed by atoms with Gasteiger partial charge in [-0.25, -0.2) is 9.67 Å². The fourth-order valence-corrected chi connectivity index (χ4v) is 3.36. The predicted octanol–water partition coefficient (Wildman–Crippen LogP) is 4.44. The lowest BCUT2D eigenvalue weighted by atomic mass is 9.93. The molecule has 106 valence electrons. The topological polar surface area (TPSA) is 43.6 Å². The molecule has 1 aliphatic rings. The first-order valence-corrected chi connectivity index (χ1v) is 8.13. The molecule has 4 nitrogen and oxygen atoms in total. The van der Waals surface area contributed by atoms with E-state index in [2.05, 4.69) is 15.3 Å². The van der Waals surface area contributed by atoms with Gasteiger partial charge in [0.25, 0.3) is 0 Å². The number of aromatic nitrogens is 4. The van der Waals surface area contributed by atoms with E-state index < -0.39 is 0 Å². The van der Waals surface area contributed by atoms with Crippen LogP contribution >= 0.6 is 22.9 Å². The highest BCUT2D eigenvalue weighted by molar-refractivity contribution is 7.19. The van der Waals surface area contributed by atoms with E-state index in [0.29, 0.717) is 11.1 Å². The number of rotatable bonds is 3. The second kappa shape index (κ2) is 5.24. The summed E-state index contributed by atoms with van der Waals surface area (Å²) in [6.07, 6.45) is 9.67. The molecule has 1 fully saturated rings. The first-order valence-electron chi connectivity index (χ1n) is 6.94. The second-order valence-corrected chi connectivity index (χ2v) is 6.70. The van der Waals surface area contributed by atoms with Crippen LogP contribution in [0.2, 0.25) is 5.02 Å². The lowest BCUT2D eigenvalue weighted by molar-refractivity contribution is 0.284. The van der Waals surface area contributed by atoms with Gasteiger partial charge in [-0.3, -0.25) is 0 Å². The molecule has 4 rings (SSSR count). The van der Waals surface area contributed by atoms with Crippen molar-refractivity contribution in [2.75, 3.05) is 0 Å². The third kappa shape index (κ3) is 2.59. The van der Waals surface area contributed by atoms with Crippen LogP contribution in [-0.4, -0.2) is 20.0 Å². The molecular weight excluding hydrogens is 304 g/mol. The maximum absolute atomic E-state index is 5.98. The smallest absolute Gasteiger partial charge is 0.117 e. The van der Waals surface area contributed by atoms with E-state index in [1.54, 1.807) is 11.3 Å². The number of nitrogens with zero attached hydrogens (tertiary/aromatic N) is 4. The molecule has 0 unspecified atom stereocenters. The Morgan fingerprint density at radius 1 is 1.29 bits per heavy atom. The summed E-state index contributed by atoms with van der Waals surface area (Å²) < 4.78 is 3.11. The molecule has 6 heteroatoms. The van der Waals surface area contributed by atoms with Gasteiger partial charge < -0.3 is 0 Å². The molecule has 21 heavy (non-hydrogen) atoms. The number of benzene rings is 1. The van der Waals surface area contributed by atoms with Crippen LogP contribution in [0, 0.1) is 0 Å². The lowest BCUT2D eigenvalue weighted by Crippen LogP contribution is -2.17. The normalized spacial score (nSPS) is 15.9. The van der Waals surface area contributed by atoms with Crippen molar-refractivity contribution in [3.05, 3.63) is 40.1 Å². The van der Waals surface area contributed by atoms with E-state index in [1.807, 2.05) is 41.2 Å². The molecule has 0 spiro atoms. The molecule has 0 amide bonds. The number of halogens is 1. The Labute approximate surface area is 131 Å². The zero-order valence-electron chi connectivity index (χ0n) is 11.2. The van der Waals surface area contributed by atoms with Crippen molar-refractivity contribution >= 4 is 45.3 Å².